The predicted molar refractivity (Wildman–Crippen MR) is 113 cm³/mol. The fourth-order valence-corrected chi connectivity index (χ4v) is 4.73. The molecule has 1 amide bonds. The SMILES string of the molecule is C/C=C(/CC)S/C(=C/CC)NC(=O)c1cc(S(=O)N2CCOCC2)ccc1F. The number of amides is 1. The van der Waals surface area contributed by atoms with Crippen molar-refractivity contribution in [1.29, 1.82) is 0 Å². The Hall–Kier alpha value is -1.48. The number of hydrogen-bond donors (Lipinski definition) is 1. The number of carbonyl (C=O) groups excluding carboxylic acids is 1. The van der Waals surface area contributed by atoms with Gasteiger partial charge in [0.1, 0.15) is 16.8 Å². The van der Waals surface area contributed by atoms with Crippen molar-refractivity contribution in [3.05, 3.63) is 51.7 Å². The second-order valence-corrected chi connectivity index (χ2v) is 8.73. The fourth-order valence-electron chi connectivity index (χ4n) is 2.61. The molecule has 0 saturated carbocycles. The summed E-state index contributed by atoms with van der Waals surface area (Å²) < 4.78 is 34.1. The first-order chi connectivity index (χ1) is 13.5. The Morgan fingerprint density at radius 1 is 1.36 bits per heavy atom. The lowest BCUT2D eigenvalue weighted by molar-refractivity contribution is 0.0752. The van der Waals surface area contributed by atoms with Gasteiger partial charge in [0, 0.05) is 13.1 Å². The van der Waals surface area contributed by atoms with E-state index in [0.717, 1.165) is 17.7 Å². The maximum Gasteiger partial charge on any atom is 0.259 e. The summed E-state index contributed by atoms with van der Waals surface area (Å²) in [6.07, 6.45) is 5.48. The molecule has 5 nitrogen and oxygen atoms in total. The molecule has 1 N–H and O–H groups in total. The summed E-state index contributed by atoms with van der Waals surface area (Å²) >= 11 is 1.46. The molecule has 1 fully saturated rings. The minimum atomic E-state index is -1.46. The quantitative estimate of drug-likeness (QED) is 0.677. The van der Waals surface area contributed by atoms with Crippen LogP contribution in [0.5, 0.6) is 0 Å². The summed E-state index contributed by atoms with van der Waals surface area (Å²) in [5.74, 6) is -1.18. The number of nitrogens with zero attached hydrogens (tertiary/aromatic N) is 1. The Morgan fingerprint density at radius 3 is 2.68 bits per heavy atom. The summed E-state index contributed by atoms with van der Waals surface area (Å²) in [6.45, 7) is 8.05. The van der Waals surface area contributed by atoms with Gasteiger partial charge < -0.3 is 10.1 Å². The first kappa shape index (κ1) is 22.8. The highest BCUT2D eigenvalue weighted by Gasteiger charge is 2.21. The minimum absolute atomic E-state index is 0.111. The molecule has 1 aromatic carbocycles. The first-order valence-electron chi connectivity index (χ1n) is 9.38. The number of halogens is 1. The van der Waals surface area contributed by atoms with E-state index >= 15 is 0 Å². The highest BCUT2D eigenvalue weighted by Crippen LogP contribution is 2.27. The van der Waals surface area contributed by atoms with E-state index in [0.29, 0.717) is 36.2 Å². The second-order valence-electron chi connectivity index (χ2n) is 6.07. The molecule has 0 aliphatic carbocycles. The van der Waals surface area contributed by atoms with E-state index in [1.165, 1.54) is 30.0 Å². The van der Waals surface area contributed by atoms with Crippen molar-refractivity contribution in [2.75, 3.05) is 26.3 Å². The monoisotopic (exact) mass is 426 g/mol. The van der Waals surface area contributed by atoms with Crippen LogP contribution in [0.3, 0.4) is 0 Å². The van der Waals surface area contributed by atoms with Gasteiger partial charge in [0.15, 0.2) is 0 Å². The standard InChI is InChI=1S/C20H27FN2O3S2/c1-4-7-19(27-15(5-2)6-3)22-20(24)17-14-16(8-9-18(17)21)28(25)23-10-12-26-13-11-23/h5,7-9,14H,4,6,10-13H2,1-3H3,(H,22,24)/b15-5-,19-7+. The molecule has 1 aliphatic heterocycles. The Kier molecular flexibility index (Phi) is 9.37. The van der Waals surface area contributed by atoms with Crippen LogP contribution in [0.25, 0.3) is 0 Å². The zero-order valence-corrected chi connectivity index (χ0v) is 18.1. The normalized spacial score (nSPS) is 17.4. The fraction of sp³-hybridized carbons (Fsp3) is 0.450. The van der Waals surface area contributed by atoms with Gasteiger partial charge in [-0.3, -0.25) is 4.79 Å². The van der Waals surface area contributed by atoms with Gasteiger partial charge in [0.2, 0.25) is 0 Å². The number of allylic oxidation sites excluding steroid dienone is 3. The van der Waals surface area contributed by atoms with Gasteiger partial charge in [-0.05, 0) is 42.9 Å². The van der Waals surface area contributed by atoms with Crippen LogP contribution >= 0.6 is 11.8 Å². The third-order valence-corrected chi connectivity index (χ3v) is 6.89. The van der Waals surface area contributed by atoms with Crippen molar-refractivity contribution in [2.24, 2.45) is 0 Å². The van der Waals surface area contributed by atoms with Crippen LogP contribution in [0.15, 0.2) is 45.2 Å². The smallest absolute Gasteiger partial charge is 0.259 e. The van der Waals surface area contributed by atoms with Crippen LogP contribution in [-0.2, 0) is 15.7 Å². The van der Waals surface area contributed by atoms with E-state index in [1.807, 2.05) is 32.9 Å². The number of carbonyl (C=O) groups is 1. The molecule has 1 unspecified atom stereocenters. The van der Waals surface area contributed by atoms with Crippen LogP contribution < -0.4 is 5.32 Å². The third-order valence-electron chi connectivity index (χ3n) is 4.13. The number of hydrogen-bond acceptors (Lipinski definition) is 4. The van der Waals surface area contributed by atoms with E-state index in [2.05, 4.69) is 5.32 Å². The van der Waals surface area contributed by atoms with Gasteiger partial charge in [-0.25, -0.2) is 12.9 Å². The second kappa shape index (κ2) is 11.5. The lowest BCUT2D eigenvalue weighted by atomic mass is 10.2. The van der Waals surface area contributed by atoms with Crippen LogP contribution in [0.1, 0.15) is 44.0 Å². The van der Waals surface area contributed by atoms with E-state index < -0.39 is 22.7 Å². The number of benzene rings is 1. The van der Waals surface area contributed by atoms with Gasteiger partial charge in [0.05, 0.1) is 28.7 Å². The molecule has 0 bridgehead atoms. The molecule has 0 radical (unpaired) electrons. The number of ether oxygens (including phenoxy) is 1. The van der Waals surface area contributed by atoms with Gasteiger partial charge in [-0.2, -0.15) is 0 Å². The van der Waals surface area contributed by atoms with E-state index in [1.54, 1.807) is 4.31 Å². The van der Waals surface area contributed by atoms with Gasteiger partial charge in [0.25, 0.3) is 5.91 Å². The third kappa shape index (κ3) is 6.27. The summed E-state index contributed by atoms with van der Waals surface area (Å²) in [6, 6.07) is 4.04. The largest absolute Gasteiger partial charge is 0.379 e. The summed E-state index contributed by atoms with van der Waals surface area (Å²) in [5.41, 5.74) is -0.111. The van der Waals surface area contributed by atoms with Crippen LogP contribution in [0.2, 0.25) is 0 Å². The number of rotatable bonds is 8. The molecule has 0 spiro atoms. The average Bonchev–Trinajstić information content (AvgIpc) is 2.72. The molecule has 28 heavy (non-hydrogen) atoms. The number of thioether (sulfide) groups is 1. The molecule has 1 aliphatic rings. The Morgan fingerprint density at radius 2 is 2.07 bits per heavy atom. The molecule has 8 heteroatoms. The summed E-state index contributed by atoms with van der Waals surface area (Å²) in [7, 11) is -1.46. The maximum absolute atomic E-state index is 14.3. The number of nitrogens with one attached hydrogen (secondary N) is 1. The van der Waals surface area contributed by atoms with Crippen molar-refractivity contribution in [3.8, 4) is 0 Å². The molecular weight excluding hydrogens is 399 g/mol. The lowest BCUT2D eigenvalue weighted by Gasteiger charge is -2.25. The molecular formula is C20H27FN2O3S2. The molecule has 154 valence electrons. The average molecular weight is 427 g/mol. The van der Waals surface area contributed by atoms with E-state index in [4.69, 9.17) is 4.74 Å². The zero-order chi connectivity index (χ0) is 20.5. The minimum Gasteiger partial charge on any atom is -0.379 e. The molecule has 1 atom stereocenters. The van der Waals surface area contributed by atoms with Crippen LogP contribution in [0, 0.1) is 5.82 Å². The van der Waals surface area contributed by atoms with Crippen molar-refractivity contribution in [2.45, 2.75) is 38.5 Å². The Bertz CT molecular complexity index is 775. The number of morpholine rings is 1. The van der Waals surface area contributed by atoms with Crippen molar-refractivity contribution < 1.29 is 18.1 Å². The Balaban J connectivity index is 2.19. The molecule has 1 saturated heterocycles. The topological polar surface area (TPSA) is 58.6 Å². The van der Waals surface area contributed by atoms with Crippen molar-refractivity contribution in [3.63, 3.8) is 0 Å². The highest BCUT2D eigenvalue weighted by atomic mass is 32.2. The highest BCUT2D eigenvalue weighted by molar-refractivity contribution is 8.06. The molecule has 1 heterocycles. The predicted octanol–water partition coefficient (Wildman–Crippen LogP) is 4.21. The van der Waals surface area contributed by atoms with Gasteiger partial charge in [-0.1, -0.05) is 37.8 Å². The first-order valence-corrected chi connectivity index (χ1v) is 11.3. The summed E-state index contributed by atoms with van der Waals surface area (Å²) in [4.78, 5) is 14.2. The Labute approximate surface area is 173 Å². The summed E-state index contributed by atoms with van der Waals surface area (Å²) in [5, 5.41) is 3.46. The maximum atomic E-state index is 14.3. The zero-order valence-electron chi connectivity index (χ0n) is 16.5. The lowest BCUT2D eigenvalue weighted by Crippen LogP contribution is -2.37. The van der Waals surface area contributed by atoms with E-state index in [9.17, 15) is 13.4 Å². The molecule has 0 aromatic heterocycles. The van der Waals surface area contributed by atoms with Crippen LogP contribution in [0.4, 0.5) is 4.39 Å². The van der Waals surface area contributed by atoms with Gasteiger partial charge >= 0.3 is 0 Å². The van der Waals surface area contributed by atoms with E-state index in [-0.39, 0.29) is 5.56 Å². The molecule has 2 rings (SSSR count). The molecule has 1 aromatic rings. The van der Waals surface area contributed by atoms with Crippen molar-refractivity contribution in [1.82, 2.24) is 9.62 Å². The van der Waals surface area contributed by atoms with Gasteiger partial charge in [-0.15, -0.1) is 0 Å². The van der Waals surface area contributed by atoms with Crippen LogP contribution in [-0.4, -0.2) is 40.7 Å². The van der Waals surface area contributed by atoms with Crippen molar-refractivity contribution >= 4 is 28.7 Å².